The Morgan fingerprint density at radius 1 is 1.29 bits per heavy atom. The Bertz CT molecular complexity index is 890. The molecule has 0 atom stereocenters. The molecule has 0 N–H and O–H groups in total. The van der Waals surface area contributed by atoms with Gasteiger partial charge in [-0.3, -0.25) is 4.98 Å². The second-order valence-electron chi connectivity index (χ2n) is 5.00. The van der Waals surface area contributed by atoms with Crippen LogP contribution < -0.4 is 4.80 Å². The molecule has 24 heavy (non-hydrogen) atoms. The van der Waals surface area contributed by atoms with E-state index in [2.05, 4.69) is 14.5 Å². The summed E-state index contributed by atoms with van der Waals surface area (Å²) < 4.78 is 7.32. The van der Waals surface area contributed by atoms with E-state index in [1.165, 1.54) is 0 Å². The van der Waals surface area contributed by atoms with Crippen LogP contribution in [0.2, 0.25) is 10.0 Å². The molecule has 4 nitrogen and oxygen atoms in total. The molecule has 0 aliphatic carbocycles. The zero-order chi connectivity index (χ0) is 16.9. The minimum absolute atomic E-state index is 0.572. The molecule has 3 aromatic rings. The molecular formula is C17H15Cl2N3OS. The summed E-state index contributed by atoms with van der Waals surface area (Å²) >= 11 is 14.0. The highest BCUT2D eigenvalue weighted by Crippen LogP contribution is 2.31. The number of pyridine rings is 1. The summed E-state index contributed by atoms with van der Waals surface area (Å²) in [5, 5.41) is 3.32. The minimum atomic E-state index is 0.572. The molecule has 1 aromatic carbocycles. The minimum Gasteiger partial charge on any atom is -0.383 e. The van der Waals surface area contributed by atoms with Crippen molar-refractivity contribution >= 4 is 40.2 Å². The number of ether oxygens (including phenoxy) is 1. The molecule has 0 radical (unpaired) electrons. The lowest BCUT2D eigenvalue weighted by Crippen LogP contribution is -2.18. The van der Waals surface area contributed by atoms with E-state index in [1.54, 1.807) is 43.0 Å². The third-order valence-electron chi connectivity index (χ3n) is 3.39. The van der Waals surface area contributed by atoms with Gasteiger partial charge in [0, 0.05) is 35.8 Å². The molecule has 0 aliphatic rings. The average Bonchev–Trinajstić information content (AvgIpc) is 2.98. The van der Waals surface area contributed by atoms with Crippen molar-refractivity contribution in [1.82, 2.24) is 9.55 Å². The molecule has 3 rings (SSSR count). The Labute approximate surface area is 154 Å². The zero-order valence-electron chi connectivity index (χ0n) is 12.9. The van der Waals surface area contributed by atoms with Crippen molar-refractivity contribution in [3.63, 3.8) is 0 Å². The summed E-state index contributed by atoms with van der Waals surface area (Å²) in [6, 6.07) is 9.22. The van der Waals surface area contributed by atoms with E-state index in [1.807, 2.05) is 23.6 Å². The smallest absolute Gasteiger partial charge is 0.190 e. The van der Waals surface area contributed by atoms with E-state index in [9.17, 15) is 0 Å². The first-order chi connectivity index (χ1) is 11.7. The quantitative estimate of drug-likeness (QED) is 0.638. The summed E-state index contributed by atoms with van der Waals surface area (Å²) in [5.74, 6) is 0. The Balaban J connectivity index is 2.14. The lowest BCUT2D eigenvalue weighted by atomic mass is 10.1. The van der Waals surface area contributed by atoms with Crippen LogP contribution in [0, 0.1) is 0 Å². The molecule has 2 heterocycles. The topological polar surface area (TPSA) is 39.4 Å². The van der Waals surface area contributed by atoms with Crippen molar-refractivity contribution < 1.29 is 4.74 Å². The summed E-state index contributed by atoms with van der Waals surface area (Å²) in [6.45, 7) is 1.24. The number of aromatic nitrogens is 2. The van der Waals surface area contributed by atoms with Crippen LogP contribution in [0.3, 0.4) is 0 Å². The first-order valence-electron chi connectivity index (χ1n) is 7.26. The number of hydrogen-bond donors (Lipinski definition) is 0. The molecule has 0 amide bonds. The summed E-state index contributed by atoms with van der Waals surface area (Å²) in [4.78, 5) is 9.63. The van der Waals surface area contributed by atoms with Crippen molar-refractivity contribution in [2.75, 3.05) is 13.7 Å². The Kier molecular flexibility index (Phi) is 5.68. The number of nitrogens with zero attached hydrogens (tertiary/aromatic N) is 3. The Morgan fingerprint density at radius 2 is 2.17 bits per heavy atom. The van der Waals surface area contributed by atoms with Gasteiger partial charge in [0.25, 0.3) is 0 Å². The number of rotatable bonds is 5. The lowest BCUT2D eigenvalue weighted by Gasteiger charge is -2.10. The van der Waals surface area contributed by atoms with Gasteiger partial charge in [0.05, 0.1) is 29.2 Å². The maximum Gasteiger partial charge on any atom is 0.190 e. The summed E-state index contributed by atoms with van der Waals surface area (Å²) in [5.41, 5.74) is 2.64. The van der Waals surface area contributed by atoms with Crippen LogP contribution in [-0.2, 0) is 11.3 Å². The fourth-order valence-electron chi connectivity index (χ4n) is 2.26. The van der Waals surface area contributed by atoms with Crippen LogP contribution in [0.5, 0.6) is 0 Å². The molecule has 0 unspecified atom stereocenters. The molecule has 124 valence electrons. The Morgan fingerprint density at radius 3 is 2.92 bits per heavy atom. The first-order valence-corrected chi connectivity index (χ1v) is 8.90. The fraction of sp³-hybridized carbons (Fsp3) is 0.176. The first kappa shape index (κ1) is 17.2. The largest absolute Gasteiger partial charge is 0.383 e. The highest BCUT2D eigenvalue weighted by molar-refractivity contribution is 7.07. The second kappa shape index (κ2) is 7.94. The van der Waals surface area contributed by atoms with Crippen LogP contribution in [0.4, 0.5) is 5.69 Å². The van der Waals surface area contributed by atoms with Crippen LogP contribution in [0.25, 0.3) is 11.3 Å². The van der Waals surface area contributed by atoms with Crippen molar-refractivity contribution in [1.29, 1.82) is 0 Å². The van der Waals surface area contributed by atoms with Crippen molar-refractivity contribution in [2.45, 2.75) is 6.54 Å². The van der Waals surface area contributed by atoms with Gasteiger partial charge < -0.3 is 9.30 Å². The van der Waals surface area contributed by atoms with Crippen LogP contribution in [-0.4, -0.2) is 23.3 Å². The van der Waals surface area contributed by atoms with E-state index >= 15 is 0 Å². The van der Waals surface area contributed by atoms with Crippen LogP contribution >= 0.6 is 34.5 Å². The van der Waals surface area contributed by atoms with Crippen molar-refractivity contribution in [3.05, 3.63) is 63.0 Å². The number of hydrogen-bond acceptors (Lipinski definition) is 4. The maximum absolute atomic E-state index is 6.37. The summed E-state index contributed by atoms with van der Waals surface area (Å²) in [6.07, 6.45) is 3.45. The van der Waals surface area contributed by atoms with Gasteiger partial charge in [0.15, 0.2) is 4.80 Å². The van der Waals surface area contributed by atoms with E-state index < -0.39 is 0 Å². The second-order valence-corrected chi connectivity index (χ2v) is 6.68. The third kappa shape index (κ3) is 3.87. The number of thiazole rings is 1. The van der Waals surface area contributed by atoms with E-state index in [4.69, 9.17) is 27.9 Å². The molecule has 0 saturated carbocycles. The molecular weight excluding hydrogens is 365 g/mol. The number of halogens is 2. The molecule has 0 aliphatic heterocycles. The monoisotopic (exact) mass is 379 g/mol. The fourth-order valence-corrected chi connectivity index (χ4v) is 3.59. The number of benzene rings is 1. The van der Waals surface area contributed by atoms with E-state index in [0.29, 0.717) is 23.2 Å². The predicted octanol–water partition coefficient (Wildman–Crippen LogP) is 4.80. The van der Waals surface area contributed by atoms with Crippen LogP contribution in [0.1, 0.15) is 0 Å². The highest BCUT2D eigenvalue weighted by Gasteiger charge is 2.12. The van der Waals surface area contributed by atoms with Gasteiger partial charge in [-0.2, -0.15) is 0 Å². The van der Waals surface area contributed by atoms with Gasteiger partial charge in [0.2, 0.25) is 0 Å². The maximum atomic E-state index is 6.37. The van der Waals surface area contributed by atoms with Gasteiger partial charge in [-0.1, -0.05) is 23.2 Å². The molecule has 0 saturated heterocycles. The van der Waals surface area contributed by atoms with Gasteiger partial charge in [-0.05, 0) is 30.3 Å². The van der Waals surface area contributed by atoms with Gasteiger partial charge in [0.1, 0.15) is 0 Å². The lowest BCUT2D eigenvalue weighted by molar-refractivity contribution is 0.187. The van der Waals surface area contributed by atoms with Crippen LogP contribution in [0.15, 0.2) is 53.1 Å². The third-order valence-corrected chi connectivity index (χ3v) is 4.82. The normalized spacial score (nSPS) is 11.9. The zero-order valence-corrected chi connectivity index (χ0v) is 15.3. The molecule has 2 aromatic heterocycles. The standard InChI is InChI=1S/C17H15Cl2N3OS/c1-23-8-7-22-16(14-9-12(18)4-5-15(14)19)11-24-17(22)21-13-3-2-6-20-10-13/h2-6,9-11H,7-8H2,1H3. The molecule has 7 heteroatoms. The molecule has 0 fully saturated rings. The van der Waals surface area contributed by atoms with E-state index in [0.717, 1.165) is 21.7 Å². The molecule has 0 spiro atoms. The van der Waals surface area contributed by atoms with Gasteiger partial charge in [-0.25, -0.2) is 4.99 Å². The average molecular weight is 380 g/mol. The SMILES string of the molecule is COCCn1c(-c2cc(Cl)ccc2Cl)csc1=Nc1cccnc1. The van der Waals surface area contributed by atoms with Crippen molar-refractivity contribution in [2.24, 2.45) is 4.99 Å². The van der Waals surface area contributed by atoms with Crippen molar-refractivity contribution in [3.8, 4) is 11.3 Å². The summed E-state index contributed by atoms with van der Waals surface area (Å²) in [7, 11) is 1.68. The molecule has 0 bridgehead atoms. The highest BCUT2D eigenvalue weighted by atomic mass is 35.5. The predicted molar refractivity (Wildman–Crippen MR) is 99.1 cm³/mol. The van der Waals surface area contributed by atoms with Gasteiger partial charge in [-0.15, -0.1) is 11.3 Å². The Hall–Kier alpha value is -1.66. The van der Waals surface area contributed by atoms with E-state index in [-0.39, 0.29) is 0 Å². The van der Waals surface area contributed by atoms with Gasteiger partial charge >= 0.3 is 0 Å². The number of methoxy groups -OCH3 is 1.